The minimum atomic E-state index is -0.494. The van der Waals surface area contributed by atoms with E-state index in [-0.39, 0.29) is 11.9 Å². The number of rotatable bonds is 7. The van der Waals surface area contributed by atoms with E-state index in [1.807, 2.05) is 6.07 Å². The summed E-state index contributed by atoms with van der Waals surface area (Å²) in [5, 5.41) is 2.42. The molecule has 2 aromatic rings. The molecule has 1 unspecified atom stereocenters. The maximum atomic E-state index is 12.5. The number of hydrogen-bond acceptors (Lipinski definition) is 5. The summed E-state index contributed by atoms with van der Waals surface area (Å²) in [5.41, 5.74) is 6.95. The zero-order valence-electron chi connectivity index (χ0n) is 14.5. The number of carbonyl (C=O) groups excluding carboxylic acids is 3. The van der Waals surface area contributed by atoms with E-state index in [1.54, 1.807) is 49.4 Å². The van der Waals surface area contributed by atoms with Gasteiger partial charge in [0.2, 0.25) is 5.91 Å². The van der Waals surface area contributed by atoms with Gasteiger partial charge in [0.15, 0.2) is 0 Å². The number of thioether (sulfide) groups is 1. The second kappa shape index (κ2) is 9.05. The Morgan fingerprint density at radius 3 is 2.38 bits per heavy atom. The summed E-state index contributed by atoms with van der Waals surface area (Å²) < 4.78 is 4.72. The van der Waals surface area contributed by atoms with Gasteiger partial charge in [-0.25, -0.2) is 0 Å². The molecule has 0 bridgehead atoms. The topological polar surface area (TPSA) is 98.5 Å². The SMILES string of the molecule is COC(=O)C(C)Sc1ccccc1C(=O)NCc1ccc(C(N)=O)cc1. The van der Waals surface area contributed by atoms with Gasteiger partial charge in [0, 0.05) is 17.0 Å². The van der Waals surface area contributed by atoms with Crippen LogP contribution in [-0.2, 0) is 16.1 Å². The molecule has 3 N–H and O–H groups in total. The monoisotopic (exact) mass is 372 g/mol. The van der Waals surface area contributed by atoms with Crippen molar-refractivity contribution in [3.63, 3.8) is 0 Å². The first-order valence-corrected chi connectivity index (χ1v) is 8.80. The number of hydrogen-bond donors (Lipinski definition) is 2. The predicted molar refractivity (Wildman–Crippen MR) is 99.9 cm³/mol. The summed E-state index contributed by atoms with van der Waals surface area (Å²) in [6, 6.07) is 13.8. The summed E-state index contributed by atoms with van der Waals surface area (Å²) in [6.07, 6.45) is 0. The molecule has 26 heavy (non-hydrogen) atoms. The Kier molecular flexibility index (Phi) is 6.80. The van der Waals surface area contributed by atoms with Crippen molar-refractivity contribution in [3.8, 4) is 0 Å². The van der Waals surface area contributed by atoms with Crippen molar-refractivity contribution in [2.75, 3.05) is 7.11 Å². The number of esters is 1. The summed E-state index contributed by atoms with van der Waals surface area (Å²) in [4.78, 5) is 35.9. The summed E-state index contributed by atoms with van der Waals surface area (Å²) in [5.74, 6) is -1.09. The van der Waals surface area contributed by atoms with Crippen molar-refractivity contribution in [3.05, 3.63) is 65.2 Å². The third-order valence-corrected chi connectivity index (χ3v) is 4.82. The zero-order valence-corrected chi connectivity index (χ0v) is 15.3. The highest BCUT2D eigenvalue weighted by atomic mass is 32.2. The molecule has 0 fully saturated rings. The van der Waals surface area contributed by atoms with E-state index < -0.39 is 11.2 Å². The highest BCUT2D eigenvalue weighted by Crippen LogP contribution is 2.27. The molecule has 0 spiro atoms. The maximum Gasteiger partial charge on any atom is 0.318 e. The number of primary amides is 1. The average Bonchev–Trinajstić information content (AvgIpc) is 2.66. The maximum absolute atomic E-state index is 12.5. The van der Waals surface area contributed by atoms with Crippen molar-refractivity contribution >= 4 is 29.5 Å². The van der Waals surface area contributed by atoms with Gasteiger partial charge in [-0.1, -0.05) is 24.3 Å². The number of methoxy groups -OCH3 is 1. The van der Waals surface area contributed by atoms with E-state index >= 15 is 0 Å². The van der Waals surface area contributed by atoms with Crippen molar-refractivity contribution in [2.45, 2.75) is 23.6 Å². The molecule has 0 radical (unpaired) electrons. The van der Waals surface area contributed by atoms with E-state index in [2.05, 4.69) is 5.32 Å². The number of carbonyl (C=O) groups is 3. The molecule has 0 aliphatic rings. The Bertz CT molecular complexity index is 805. The van der Waals surface area contributed by atoms with Crippen LogP contribution in [0.25, 0.3) is 0 Å². The van der Waals surface area contributed by atoms with Crippen LogP contribution >= 0.6 is 11.8 Å². The Morgan fingerprint density at radius 1 is 1.12 bits per heavy atom. The Labute approximate surface area is 156 Å². The van der Waals surface area contributed by atoms with Crippen molar-refractivity contribution < 1.29 is 19.1 Å². The fourth-order valence-electron chi connectivity index (χ4n) is 2.23. The standard InChI is InChI=1S/C19H20N2O4S/c1-12(19(24)25-2)26-16-6-4-3-5-15(16)18(23)21-11-13-7-9-14(10-8-13)17(20)22/h3-10,12H,11H2,1-2H3,(H2,20,22)(H,21,23). The largest absolute Gasteiger partial charge is 0.468 e. The lowest BCUT2D eigenvalue weighted by molar-refractivity contribution is -0.139. The second-order valence-corrected chi connectivity index (χ2v) is 6.91. The van der Waals surface area contributed by atoms with Crippen molar-refractivity contribution in [2.24, 2.45) is 5.73 Å². The highest BCUT2D eigenvalue weighted by molar-refractivity contribution is 8.00. The molecule has 0 aliphatic carbocycles. The first-order valence-electron chi connectivity index (χ1n) is 7.93. The quantitative estimate of drug-likeness (QED) is 0.574. The summed E-state index contributed by atoms with van der Waals surface area (Å²) >= 11 is 1.27. The van der Waals surface area contributed by atoms with Crippen LogP contribution in [0.2, 0.25) is 0 Å². The molecule has 1 atom stereocenters. The number of nitrogens with two attached hydrogens (primary N) is 1. The number of amides is 2. The lowest BCUT2D eigenvalue weighted by Crippen LogP contribution is -2.24. The molecule has 0 aliphatic heterocycles. The predicted octanol–water partition coefficient (Wildman–Crippen LogP) is 2.37. The van der Waals surface area contributed by atoms with Crippen LogP contribution in [0.5, 0.6) is 0 Å². The molecule has 2 rings (SSSR count). The molecule has 6 nitrogen and oxygen atoms in total. The van der Waals surface area contributed by atoms with Gasteiger partial charge in [-0.05, 0) is 36.8 Å². The van der Waals surface area contributed by atoms with Gasteiger partial charge in [0.1, 0.15) is 5.25 Å². The van der Waals surface area contributed by atoms with Crippen LogP contribution in [0.4, 0.5) is 0 Å². The molecule has 136 valence electrons. The minimum Gasteiger partial charge on any atom is -0.468 e. The highest BCUT2D eigenvalue weighted by Gasteiger charge is 2.18. The van der Waals surface area contributed by atoms with Crippen molar-refractivity contribution in [1.82, 2.24) is 5.32 Å². The third kappa shape index (κ3) is 5.10. The first kappa shape index (κ1) is 19.5. The first-order chi connectivity index (χ1) is 12.4. The minimum absolute atomic E-state index is 0.246. The fourth-order valence-corrected chi connectivity index (χ4v) is 3.24. The van der Waals surface area contributed by atoms with Gasteiger partial charge in [-0.15, -0.1) is 11.8 Å². The number of ether oxygens (including phenoxy) is 1. The Balaban J connectivity index is 2.05. The van der Waals surface area contributed by atoms with Gasteiger partial charge in [0.25, 0.3) is 5.91 Å². The Morgan fingerprint density at radius 2 is 1.77 bits per heavy atom. The molecular formula is C19H20N2O4S. The molecule has 7 heteroatoms. The van der Waals surface area contributed by atoms with E-state index in [0.29, 0.717) is 22.6 Å². The second-order valence-electron chi connectivity index (χ2n) is 5.52. The lowest BCUT2D eigenvalue weighted by atomic mass is 10.1. The van der Waals surface area contributed by atoms with E-state index in [4.69, 9.17) is 10.5 Å². The Hall–Kier alpha value is -2.80. The van der Waals surface area contributed by atoms with E-state index in [1.165, 1.54) is 18.9 Å². The number of nitrogens with one attached hydrogen (secondary N) is 1. The van der Waals surface area contributed by atoms with Crippen LogP contribution in [0.3, 0.4) is 0 Å². The van der Waals surface area contributed by atoms with Gasteiger partial charge in [-0.3, -0.25) is 14.4 Å². The van der Waals surface area contributed by atoms with Gasteiger partial charge in [0.05, 0.1) is 12.7 Å². The van der Waals surface area contributed by atoms with Crippen LogP contribution < -0.4 is 11.1 Å². The van der Waals surface area contributed by atoms with Gasteiger partial charge in [-0.2, -0.15) is 0 Å². The van der Waals surface area contributed by atoms with Crippen LogP contribution in [-0.4, -0.2) is 30.1 Å². The molecule has 0 saturated heterocycles. The summed E-state index contributed by atoms with van der Waals surface area (Å²) in [6.45, 7) is 2.04. The molecule has 0 aromatic heterocycles. The molecule has 2 aromatic carbocycles. The van der Waals surface area contributed by atoms with E-state index in [9.17, 15) is 14.4 Å². The number of benzene rings is 2. The third-order valence-electron chi connectivity index (χ3n) is 3.66. The van der Waals surface area contributed by atoms with Gasteiger partial charge >= 0.3 is 5.97 Å². The van der Waals surface area contributed by atoms with Crippen molar-refractivity contribution in [1.29, 1.82) is 0 Å². The normalized spacial score (nSPS) is 11.5. The smallest absolute Gasteiger partial charge is 0.318 e. The van der Waals surface area contributed by atoms with Crippen LogP contribution in [0, 0.1) is 0 Å². The molecular weight excluding hydrogens is 352 g/mol. The zero-order chi connectivity index (χ0) is 19.1. The molecule has 0 heterocycles. The lowest BCUT2D eigenvalue weighted by Gasteiger charge is -2.13. The van der Waals surface area contributed by atoms with Crippen LogP contribution in [0.1, 0.15) is 33.2 Å². The summed E-state index contributed by atoms with van der Waals surface area (Å²) in [7, 11) is 1.33. The molecule has 2 amide bonds. The average molecular weight is 372 g/mol. The fraction of sp³-hybridized carbons (Fsp3) is 0.211. The van der Waals surface area contributed by atoms with E-state index in [0.717, 1.165) is 5.56 Å². The van der Waals surface area contributed by atoms with Gasteiger partial charge < -0.3 is 15.8 Å². The molecule has 0 saturated carbocycles. The van der Waals surface area contributed by atoms with Crippen LogP contribution in [0.15, 0.2) is 53.4 Å².